The molecule has 9 nitrogen and oxygen atoms in total. The van der Waals surface area contributed by atoms with Crippen molar-refractivity contribution in [3.8, 4) is 11.1 Å². The summed E-state index contributed by atoms with van der Waals surface area (Å²) in [6.07, 6.45) is 9.48. The van der Waals surface area contributed by atoms with Crippen LogP contribution in [-0.2, 0) is 9.53 Å². The molecule has 7 rings (SSSR count). The van der Waals surface area contributed by atoms with Crippen LogP contribution >= 0.6 is 23.2 Å². The summed E-state index contributed by atoms with van der Waals surface area (Å²) in [5, 5.41) is 14.8. The zero-order valence-corrected chi connectivity index (χ0v) is 27.6. The van der Waals surface area contributed by atoms with Gasteiger partial charge in [-0.2, -0.15) is 10.2 Å². The fraction of sp³-hybridized carbons (Fsp3) is 0.606. The van der Waals surface area contributed by atoms with Crippen molar-refractivity contribution >= 4 is 45.8 Å². The maximum Gasteiger partial charge on any atom is 0.245 e. The van der Waals surface area contributed by atoms with Crippen LogP contribution in [0.4, 0.5) is 5.82 Å². The average molecular weight is 641 g/mol. The predicted molar refractivity (Wildman–Crippen MR) is 176 cm³/mol. The van der Waals surface area contributed by atoms with E-state index in [1.165, 1.54) is 18.9 Å². The minimum atomic E-state index is -0.115. The summed E-state index contributed by atoms with van der Waals surface area (Å²) in [5.41, 5.74) is 3.82. The van der Waals surface area contributed by atoms with E-state index in [0.717, 1.165) is 92.0 Å². The van der Waals surface area contributed by atoms with E-state index in [9.17, 15) is 4.79 Å². The van der Waals surface area contributed by atoms with E-state index in [4.69, 9.17) is 33.0 Å². The van der Waals surface area contributed by atoms with Gasteiger partial charge in [-0.25, -0.2) is 0 Å². The molecule has 11 heteroatoms. The molecule has 1 N–H and O–H groups in total. The monoisotopic (exact) mass is 639 g/mol. The fourth-order valence-corrected chi connectivity index (χ4v) is 8.88. The second kappa shape index (κ2) is 11.3. The number of rotatable bonds is 6. The van der Waals surface area contributed by atoms with Gasteiger partial charge in [0, 0.05) is 73.6 Å². The Kier molecular flexibility index (Phi) is 7.75. The molecule has 0 radical (unpaired) electrons. The second-order valence-corrected chi connectivity index (χ2v) is 14.8. The Morgan fingerprint density at radius 2 is 1.95 bits per heavy atom. The van der Waals surface area contributed by atoms with Gasteiger partial charge in [0.2, 0.25) is 5.91 Å². The van der Waals surface area contributed by atoms with Crippen LogP contribution in [0.1, 0.15) is 64.1 Å². The highest BCUT2D eigenvalue weighted by atomic mass is 35.5. The summed E-state index contributed by atoms with van der Waals surface area (Å²) in [7, 11) is 0. The topological polar surface area (TPSA) is 82.5 Å². The van der Waals surface area contributed by atoms with Gasteiger partial charge in [-0.05, 0) is 77.4 Å². The highest BCUT2D eigenvalue weighted by molar-refractivity contribution is 6.45. The lowest BCUT2D eigenvalue weighted by molar-refractivity contribution is -0.127. The minimum absolute atomic E-state index is 0.0103. The fourth-order valence-electron chi connectivity index (χ4n) is 8.43. The Morgan fingerprint density at radius 3 is 2.64 bits per heavy atom. The molecule has 0 unspecified atom stereocenters. The number of amides is 1. The number of likely N-dealkylation sites (tertiary alicyclic amines) is 2. The van der Waals surface area contributed by atoms with Crippen LogP contribution in [0.2, 0.25) is 10.0 Å². The molecule has 4 aliphatic rings. The number of carbonyl (C=O) groups is 1. The van der Waals surface area contributed by atoms with Gasteiger partial charge in [-0.3, -0.25) is 19.5 Å². The molecule has 1 amide bonds. The lowest BCUT2D eigenvalue weighted by atomic mass is 9.80. The molecule has 3 aromatic rings. The summed E-state index contributed by atoms with van der Waals surface area (Å²) in [6, 6.07) is 2.01. The Morgan fingerprint density at radius 1 is 1.18 bits per heavy atom. The van der Waals surface area contributed by atoms with Gasteiger partial charge in [0.25, 0.3) is 0 Å². The van der Waals surface area contributed by atoms with Crippen LogP contribution in [-0.4, -0.2) is 92.7 Å². The number of H-pyrrole nitrogens is 1. The molecular formula is C33H43Cl2N7O2. The first-order chi connectivity index (χ1) is 21.1. The van der Waals surface area contributed by atoms with Crippen LogP contribution in [0.5, 0.6) is 0 Å². The van der Waals surface area contributed by atoms with Gasteiger partial charge in [-0.1, -0.05) is 29.8 Å². The number of nitrogens with zero attached hydrogens (tertiary/aromatic N) is 6. The Hall–Kier alpha value is -2.59. The molecule has 0 saturated carbocycles. The van der Waals surface area contributed by atoms with Gasteiger partial charge in [0.1, 0.15) is 0 Å². The number of nitrogens with one attached hydrogen (secondary N) is 1. The van der Waals surface area contributed by atoms with Crippen LogP contribution in [0.25, 0.3) is 22.0 Å². The number of hydrogen-bond donors (Lipinski definition) is 1. The number of fused-ring (bicyclic) bond motifs is 1. The number of piperidine rings is 2. The summed E-state index contributed by atoms with van der Waals surface area (Å²) >= 11 is 13.8. The number of anilines is 1. The van der Waals surface area contributed by atoms with Crippen molar-refractivity contribution in [2.75, 3.05) is 50.8 Å². The Bertz CT molecular complexity index is 1570. The van der Waals surface area contributed by atoms with Gasteiger partial charge in [-0.15, -0.1) is 0 Å². The van der Waals surface area contributed by atoms with E-state index in [0.29, 0.717) is 29.1 Å². The van der Waals surface area contributed by atoms with Crippen molar-refractivity contribution < 1.29 is 9.53 Å². The molecule has 1 spiro atoms. The SMILES string of the molecule is C=CC(=O)N1CCC(n2nc(N3CC[C@@H](CN4CC5(CCCO5)C4)CC3(C)C)c(-c3c(Cl)c(Cl)cc4[nH]ncc34)c2C)CC1. The van der Waals surface area contributed by atoms with Gasteiger partial charge in [0.15, 0.2) is 5.82 Å². The normalized spacial score (nSPS) is 23.9. The van der Waals surface area contributed by atoms with Crippen LogP contribution < -0.4 is 4.90 Å². The van der Waals surface area contributed by atoms with E-state index in [1.54, 1.807) is 0 Å². The molecule has 0 bridgehead atoms. The molecule has 44 heavy (non-hydrogen) atoms. The van der Waals surface area contributed by atoms with Crippen molar-refractivity contribution in [1.29, 1.82) is 0 Å². The molecular weight excluding hydrogens is 597 g/mol. The summed E-state index contributed by atoms with van der Waals surface area (Å²) in [6.45, 7) is 17.0. The molecule has 2 aromatic heterocycles. The molecule has 4 saturated heterocycles. The molecule has 4 fully saturated rings. The smallest absolute Gasteiger partial charge is 0.245 e. The standard InChI is InChI=1S/C33H43Cl2N7O2/c1-5-27(43)40-11-8-23(9-12-40)42-21(2)28(29-24-17-36-37-26(24)15-25(34)30(29)35)31(38-42)41-13-7-22(16-32(41,3)4)18-39-19-33(20-39)10-6-14-44-33/h5,15,17,22-23H,1,6-14,16,18-20H2,2-4H3,(H,36,37)/t22-/m1/s1. The first kappa shape index (κ1) is 30.1. The summed E-state index contributed by atoms with van der Waals surface area (Å²) < 4.78 is 8.27. The quantitative estimate of drug-likeness (QED) is 0.321. The maximum atomic E-state index is 12.3. The van der Waals surface area contributed by atoms with Gasteiger partial charge < -0.3 is 14.5 Å². The third-order valence-electron chi connectivity index (χ3n) is 10.6. The van der Waals surface area contributed by atoms with E-state index < -0.39 is 0 Å². The first-order valence-electron chi connectivity index (χ1n) is 16.0. The predicted octanol–water partition coefficient (Wildman–Crippen LogP) is 6.25. The molecule has 0 aliphatic carbocycles. The summed E-state index contributed by atoms with van der Waals surface area (Å²) in [5.74, 6) is 1.56. The lowest BCUT2D eigenvalue weighted by Gasteiger charge is -2.51. The van der Waals surface area contributed by atoms with Crippen LogP contribution in [0, 0.1) is 12.8 Å². The van der Waals surface area contributed by atoms with E-state index >= 15 is 0 Å². The highest BCUT2D eigenvalue weighted by Gasteiger charge is 2.48. The van der Waals surface area contributed by atoms with Gasteiger partial charge in [0.05, 0.1) is 33.4 Å². The number of aromatic amines is 1. The number of benzene rings is 1. The zero-order valence-electron chi connectivity index (χ0n) is 26.0. The molecule has 236 valence electrons. The number of halogens is 2. The first-order valence-corrected chi connectivity index (χ1v) is 16.8. The van der Waals surface area contributed by atoms with Crippen molar-refractivity contribution in [2.24, 2.45) is 5.92 Å². The molecule has 6 heterocycles. The van der Waals surface area contributed by atoms with Crippen molar-refractivity contribution in [2.45, 2.75) is 76.5 Å². The third kappa shape index (κ3) is 5.13. The minimum Gasteiger partial charge on any atom is -0.372 e. The van der Waals surface area contributed by atoms with Crippen LogP contribution in [0.15, 0.2) is 24.9 Å². The molecule has 4 aliphatic heterocycles. The molecule has 1 atom stereocenters. The zero-order chi connectivity index (χ0) is 30.8. The highest BCUT2D eigenvalue weighted by Crippen LogP contribution is 2.48. The Balaban J connectivity index is 1.22. The van der Waals surface area contributed by atoms with Crippen LogP contribution in [0.3, 0.4) is 0 Å². The average Bonchev–Trinajstić information content (AvgIpc) is 3.73. The van der Waals surface area contributed by atoms with E-state index in [1.807, 2.05) is 17.2 Å². The number of ether oxygens (including phenoxy) is 1. The van der Waals surface area contributed by atoms with Gasteiger partial charge >= 0.3 is 0 Å². The number of hydrogen-bond acceptors (Lipinski definition) is 6. The van der Waals surface area contributed by atoms with E-state index in [-0.39, 0.29) is 23.1 Å². The number of carbonyl (C=O) groups excluding carboxylic acids is 1. The lowest BCUT2D eigenvalue weighted by Crippen LogP contribution is -2.63. The Labute approximate surface area is 269 Å². The largest absolute Gasteiger partial charge is 0.372 e. The second-order valence-electron chi connectivity index (χ2n) is 14.0. The maximum absolute atomic E-state index is 12.3. The number of aromatic nitrogens is 4. The molecule has 1 aromatic carbocycles. The van der Waals surface area contributed by atoms with E-state index in [2.05, 4.69) is 52.0 Å². The van der Waals surface area contributed by atoms with Crippen molar-refractivity contribution in [3.63, 3.8) is 0 Å². The van der Waals surface area contributed by atoms with Crippen molar-refractivity contribution in [1.82, 2.24) is 29.8 Å². The summed E-state index contributed by atoms with van der Waals surface area (Å²) in [4.78, 5) is 19.3. The third-order valence-corrected chi connectivity index (χ3v) is 11.4. The van der Waals surface area contributed by atoms with Crippen molar-refractivity contribution in [3.05, 3.63) is 40.7 Å².